The van der Waals surface area contributed by atoms with Crippen molar-refractivity contribution in [1.82, 2.24) is 0 Å². The highest BCUT2D eigenvalue weighted by molar-refractivity contribution is 6.23. The van der Waals surface area contributed by atoms with Crippen molar-refractivity contribution >= 4 is 35.1 Å². The minimum absolute atomic E-state index is 0.126. The predicted molar refractivity (Wildman–Crippen MR) is 108 cm³/mol. The summed E-state index contributed by atoms with van der Waals surface area (Å²) in [6.07, 6.45) is 3.01. The number of carbonyl (C=O) groups excluding carboxylic acids is 3. The number of carbonyl (C=O) groups is 4. The Labute approximate surface area is 172 Å². The quantitative estimate of drug-likeness (QED) is 0.762. The van der Waals surface area contributed by atoms with E-state index in [1.165, 1.54) is 29.2 Å². The van der Waals surface area contributed by atoms with E-state index in [-0.39, 0.29) is 29.2 Å². The molecule has 1 aliphatic heterocycles. The first kappa shape index (κ1) is 18.5. The maximum Gasteiger partial charge on any atom is 0.335 e. The maximum absolute atomic E-state index is 13.0. The van der Waals surface area contributed by atoms with Gasteiger partial charge in [-0.2, -0.15) is 0 Å². The van der Waals surface area contributed by atoms with Crippen LogP contribution >= 0.6 is 0 Å². The summed E-state index contributed by atoms with van der Waals surface area (Å²) < 4.78 is 0. The number of hydrogen-bond acceptors (Lipinski definition) is 4. The third-order valence-electron chi connectivity index (χ3n) is 6.68. The van der Waals surface area contributed by atoms with Gasteiger partial charge in [0.05, 0.1) is 23.1 Å². The molecule has 30 heavy (non-hydrogen) atoms. The fourth-order valence-electron chi connectivity index (χ4n) is 5.35. The van der Waals surface area contributed by atoms with E-state index in [1.54, 1.807) is 24.3 Å². The number of carboxylic acids is 1. The Morgan fingerprint density at radius 3 is 2.13 bits per heavy atom. The number of aromatic carboxylic acids is 1. The molecule has 152 valence electrons. The minimum Gasteiger partial charge on any atom is -0.478 e. The lowest BCUT2D eigenvalue weighted by molar-refractivity contribution is -0.123. The van der Waals surface area contributed by atoms with Crippen LogP contribution in [0.1, 0.15) is 40.0 Å². The third-order valence-corrected chi connectivity index (χ3v) is 6.68. The van der Waals surface area contributed by atoms with Crippen LogP contribution in [0, 0.1) is 23.7 Å². The Bertz CT molecular complexity index is 1050. The van der Waals surface area contributed by atoms with Crippen molar-refractivity contribution in [3.63, 3.8) is 0 Å². The van der Waals surface area contributed by atoms with Crippen molar-refractivity contribution in [1.29, 1.82) is 0 Å². The van der Waals surface area contributed by atoms with E-state index in [9.17, 15) is 19.2 Å². The molecule has 2 aromatic rings. The van der Waals surface area contributed by atoms with Crippen LogP contribution < -0.4 is 10.2 Å². The van der Waals surface area contributed by atoms with Gasteiger partial charge in [-0.05, 0) is 73.6 Å². The molecule has 3 amide bonds. The summed E-state index contributed by atoms with van der Waals surface area (Å²) in [5.74, 6) is -1.53. The molecule has 1 saturated heterocycles. The van der Waals surface area contributed by atoms with Crippen LogP contribution in [0.15, 0.2) is 48.5 Å². The highest BCUT2D eigenvalue weighted by Crippen LogP contribution is 2.56. The summed E-state index contributed by atoms with van der Waals surface area (Å²) in [6, 6.07) is 12.3. The van der Waals surface area contributed by atoms with Gasteiger partial charge in [-0.15, -0.1) is 0 Å². The van der Waals surface area contributed by atoms with Gasteiger partial charge in [-0.25, -0.2) is 4.79 Å². The van der Waals surface area contributed by atoms with Gasteiger partial charge >= 0.3 is 5.97 Å². The maximum atomic E-state index is 13.0. The van der Waals surface area contributed by atoms with E-state index < -0.39 is 11.9 Å². The summed E-state index contributed by atoms with van der Waals surface area (Å²) in [7, 11) is 0. The van der Waals surface area contributed by atoms with Crippen LogP contribution in [0.25, 0.3) is 0 Å². The molecule has 3 fully saturated rings. The van der Waals surface area contributed by atoms with Crippen molar-refractivity contribution in [3.8, 4) is 0 Å². The number of nitrogens with zero attached hydrogens (tertiary/aromatic N) is 1. The van der Waals surface area contributed by atoms with Gasteiger partial charge in [0.25, 0.3) is 5.91 Å². The Balaban J connectivity index is 1.37. The average molecular weight is 404 g/mol. The van der Waals surface area contributed by atoms with Crippen LogP contribution in [0.3, 0.4) is 0 Å². The number of nitrogens with one attached hydrogen (secondary N) is 1. The summed E-state index contributed by atoms with van der Waals surface area (Å²) >= 11 is 0. The van der Waals surface area contributed by atoms with Crippen LogP contribution in [0.2, 0.25) is 0 Å². The van der Waals surface area contributed by atoms with Gasteiger partial charge in [0.2, 0.25) is 11.8 Å². The number of hydrogen-bond donors (Lipinski definition) is 2. The molecule has 0 radical (unpaired) electrons. The predicted octanol–water partition coefficient (Wildman–Crippen LogP) is 3.17. The van der Waals surface area contributed by atoms with Crippen molar-refractivity contribution in [3.05, 3.63) is 59.7 Å². The molecule has 5 rings (SSSR count). The van der Waals surface area contributed by atoms with Gasteiger partial charge in [-0.3, -0.25) is 19.3 Å². The fraction of sp³-hybridized carbons (Fsp3) is 0.304. The highest BCUT2D eigenvalue weighted by Gasteiger charge is 2.61. The summed E-state index contributed by atoms with van der Waals surface area (Å²) in [5, 5.41) is 11.7. The van der Waals surface area contributed by atoms with Crippen molar-refractivity contribution < 1.29 is 24.3 Å². The average Bonchev–Trinajstić information content (AvgIpc) is 3.42. The Hall–Kier alpha value is -3.48. The van der Waals surface area contributed by atoms with Gasteiger partial charge in [0.15, 0.2) is 0 Å². The molecule has 7 heteroatoms. The fourth-order valence-corrected chi connectivity index (χ4v) is 5.35. The van der Waals surface area contributed by atoms with E-state index in [0.29, 0.717) is 28.8 Å². The number of anilines is 2. The van der Waals surface area contributed by atoms with Gasteiger partial charge in [-0.1, -0.05) is 6.07 Å². The third kappa shape index (κ3) is 2.81. The SMILES string of the molecule is O=C(O)c1ccc(NC(=O)c2cccc(N3C(=O)[C@@H]4[C@@H]5CC[C@@H](C5)[C@@H]4C3=O)c2)cc1. The molecule has 2 bridgehead atoms. The zero-order chi connectivity index (χ0) is 21.0. The smallest absolute Gasteiger partial charge is 0.335 e. The molecule has 7 nitrogen and oxygen atoms in total. The Morgan fingerprint density at radius 2 is 1.53 bits per heavy atom. The van der Waals surface area contributed by atoms with Gasteiger partial charge < -0.3 is 10.4 Å². The zero-order valence-corrected chi connectivity index (χ0v) is 16.1. The second kappa shape index (κ2) is 6.79. The number of rotatable bonds is 4. The molecule has 4 atom stereocenters. The largest absolute Gasteiger partial charge is 0.478 e. The minimum atomic E-state index is -1.04. The first-order valence-corrected chi connectivity index (χ1v) is 10.1. The monoisotopic (exact) mass is 404 g/mol. The number of amides is 3. The van der Waals surface area contributed by atoms with Crippen LogP contribution in [-0.4, -0.2) is 28.8 Å². The van der Waals surface area contributed by atoms with Crippen molar-refractivity contribution in [2.45, 2.75) is 19.3 Å². The van der Waals surface area contributed by atoms with Crippen molar-refractivity contribution in [2.75, 3.05) is 10.2 Å². The molecule has 2 saturated carbocycles. The van der Waals surface area contributed by atoms with E-state index in [2.05, 4.69) is 5.32 Å². The Kier molecular flexibility index (Phi) is 4.20. The molecular weight excluding hydrogens is 384 g/mol. The molecule has 2 aliphatic carbocycles. The standard InChI is InChI=1S/C23H20N2O5/c26-20(24-16-8-6-12(7-9-16)23(29)30)15-2-1-3-17(11-15)25-21(27)18-13-4-5-14(10-13)19(18)22(25)28/h1-3,6-9,11,13-14,18-19H,4-5,10H2,(H,24,26)(H,29,30)/t13-,14+,18-,19+. The number of imide groups is 1. The molecule has 1 heterocycles. The van der Waals surface area contributed by atoms with E-state index in [1.807, 2.05) is 0 Å². The molecule has 0 unspecified atom stereocenters. The molecule has 3 aliphatic rings. The summed E-state index contributed by atoms with van der Waals surface area (Å²) in [4.78, 5) is 50.9. The second-order valence-electron chi connectivity index (χ2n) is 8.28. The van der Waals surface area contributed by atoms with Crippen molar-refractivity contribution in [2.24, 2.45) is 23.7 Å². The van der Waals surface area contributed by atoms with E-state index in [0.717, 1.165) is 19.3 Å². The van der Waals surface area contributed by atoms with Gasteiger partial charge in [0.1, 0.15) is 0 Å². The molecule has 0 aromatic heterocycles. The molecule has 2 N–H and O–H groups in total. The topological polar surface area (TPSA) is 104 Å². The molecular formula is C23H20N2O5. The summed E-state index contributed by atoms with van der Waals surface area (Å²) in [6.45, 7) is 0. The van der Waals surface area contributed by atoms with E-state index in [4.69, 9.17) is 5.11 Å². The number of benzene rings is 2. The van der Waals surface area contributed by atoms with E-state index >= 15 is 0 Å². The number of fused-ring (bicyclic) bond motifs is 5. The molecule has 0 spiro atoms. The number of carboxylic acid groups (broad SMARTS) is 1. The Morgan fingerprint density at radius 1 is 0.900 bits per heavy atom. The van der Waals surface area contributed by atoms with Crippen LogP contribution in [0.4, 0.5) is 11.4 Å². The lowest BCUT2D eigenvalue weighted by Gasteiger charge is -2.19. The lowest BCUT2D eigenvalue weighted by atomic mass is 9.81. The molecule has 2 aromatic carbocycles. The van der Waals surface area contributed by atoms with Crippen LogP contribution in [0.5, 0.6) is 0 Å². The first-order chi connectivity index (χ1) is 14.4. The highest BCUT2D eigenvalue weighted by atomic mass is 16.4. The van der Waals surface area contributed by atoms with Gasteiger partial charge in [0, 0.05) is 11.3 Å². The summed E-state index contributed by atoms with van der Waals surface area (Å²) in [5.41, 5.74) is 1.32. The normalized spacial score (nSPS) is 26.7. The zero-order valence-electron chi connectivity index (χ0n) is 16.1. The second-order valence-corrected chi connectivity index (χ2v) is 8.28. The lowest BCUT2D eigenvalue weighted by Crippen LogP contribution is -2.33. The van der Waals surface area contributed by atoms with Crippen LogP contribution in [-0.2, 0) is 9.59 Å². The first-order valence-electron chi connectivity index (χ1n) is 10.1.